The molecule has 3 aromatic rings. The number of H-pyrrole nitrogens is 1. The van der Waals surface area contributed by atoms with Crippen LogP contribution >= 0.6 is 33.4 Å². The molecule has 1 aliphatic rings. The zero-order valence-corrected chi connectivity index (χ0v) is 19.1. The number of nitrogens with two attached hydrogens (primary N) is 1. The summed E-state index contributed by atoms with van der Waals surface area (Å²) < 4.78 is 67.5. The standard InChI is InChI=1S/C18H14Cl2F5N7OS/c19-11-5-10(34(21,22,23,24)25)6-12(20)15(11)32-16(28-8-9-1-4-29-30-9)14(13(7-26)31-32)18(2-3-18)17(27)33/h1,4-6,28H,2-3,8H2,(H2,27,33)(H,29,30). The Morgan fingerprint density at radius 2 is 1.88 bits per heavy atom. The summed E-state index contributed by atoms with van der Waals surface area (Å²) in [7, 11) is -10.1. The van der Waals surface area contributed by atoms with Gasteiger partial charge in [-0.25, -0.2) is 4.68 Å². The van der Waals surface area contributed by atoms with Gasteiger partial charge in [0.25, 0.3) is 0 Å². The molecule has 0 atom stereocenters. The molecular formula is C18H14Cl2F5N7OS. The highest BCUT2D eigenvalue weighted by atomic mass is 35.5. The molecule has 1 saturated carbocycles. The van der Waals surface area contributed by atoms with Gasteiger partial charge < -0.3 is 11.1 Å². The molecule has 0 saturated heterocycles. The highest BCUT2D eigenvalue weighted by Crippen LogP contribution is 3.02. The van der Waals surface area contributed by atoms with Gasteiger partial charge in [0, 0.05) is 11.8 Å². The number of nitrogens with zero attached hydrogens (tertiary/aromatic N) is 4. The summed E-state index contributed by atoms with van der Waals surface area (Å²) in [5, 5.41) is 21.5. The van der Waals surface area contributed by atoms with Gasteiger partial charge in [0.2, 0.25) is 5.91 Å². The van der Waals surface area contributed by atoms with Crippen LogP contribution in [0.2, 0.25) is 10.0 Å². The van der Waals surface area contributed by atoms with E-state index in [2.05, 4.69) is 20.6 Å². The van der Waals surface area contributed by atoms with E-state index in [-0.39, 0.29) is 35.8 Å². The first-order valence-corrected chi connectivity index (χ1v) is 12.1. The van der Waals surface area contributed by atoms with Gasteiger partial charge in [-0.2, -0.15) is 15.5 Å². The number of aromatic amines is 1. The third-order valence-electron chi connectivity index (χ3n) is 5.34. The second-order valence-electron chi connectivity index (χ2n) is 7.68. The molecule has 1 aliphatic carbocycles. The molecular weight excluding hydrogens is 528 g/mol. The molecule has 1 fully saturated rings. The van der Waals surface area contributed by atoms with Crippen LogP contribution < -0.4 is 11.1 Å². The summed E-state index contributed by atoms with van der Waals surface area (Å²) in [5.74, 6) is -0.743. The predicted molar refractivity (Wildman–Crippen MR) is 116 cm³/mol. The first-order chi connectivity index (χ1) is 15.6. The largest absolute Gasteiger partial charge is 0.369 e. The Bertz CT molecular complexity index is 1340. The number of carbonyl (C=O) groups excluding carboxylic acids is 1. The maximum Gasteiger partial charge on any atom is 0.310 e. The van der Waals surface area contributed by atoms with Crippen molar-refractivity contribution in [2.45, 2.75) is 29.7 Å². The monoisotopic (exact) mass is 541 g/mol. The molecule has 182 valence electrons. The number of primary amides is 1. The van der Waals surface area contributed by atoms with Crippen molar-refractivity contribution in [2.75, 3.05) is 5.32 Å². The first kappa shape index (κ1) is 24.1. The van der Waals surface area contributed by atoms with Crippen LogP contribution in [0, 0.1) is 11.3 Å². The van der Waals surface area contributed by atoms with Gasteiger partial charge in [-0.3, -0.25) is 9.89 Å². The third-order valence-corrected chi connectivity index (χ3v) is 7.05. The molecule has 16 heteroatoms. The van der Waals surface area contributed by atoms with Crippen LogP contribution in [-0.2, 0) is 16.8 Å². The van der Waals surface area contributed by atoms with E-state index in [1.807, 2.05) is 6.07 Å². The van der Waals surface area contributed by atoms with Gasteiger partial charge in [-0.15, -0.1) is 0 Å². The number of amides is 1. The number of benzene rings is 1. The number of nitrogens with one attached hydrogen (secondary N) is 2. The number of anilines is 1. The van der Waals surface area contributed by atoms with Crippen LogP contribution in [0.25, 0.3) is 5.69 Å². The predicted octanol–water partition coefficient (Wildman–Crippen LogP) is 5.56. The topological polar surface area (TPSA) is 125 Å². The highest BCUT2D eigenvalue weighted by Gasteiger charge is 2.65. The van der Waals surface area contributed by atoms with Gasteiger partial charge >= 0.3 is 10.2 Å². The molecule has 4 N–H and O–H groups in total. The maximum atomic E-state index is 13.3. The minimum Gasteiger partial charge on any atom is -0.369 e. The Balaban J connectivity index is 1.95. The zero-order valence-electron chi connectivity index (χ0n) is 16.8. The molecule has 8 nitrogen and oxygen atoms in total. The lowest BCUT2D eigenvalue weighted by Gasteiger charge is -2.40. The molecule has 2 aromatic heterocycles. The second-order valence-corrected chi connectivity index (χ2v) is 10.9. The molecule has 1 aromatic carbocycles. The van der Waals surface area contributed by atoms with E-state index in [4.69, 9.17) is 28.9 Å². The van der Waals surface area contributed by atoms with E-state index in [0.717, 1.165) is 4.68 Å². The highest BCUT2D eigenvalue weighted by molar-refractivity contribution is 8.45. The van der Waals surface area contributed by atoms with E-state index < -0.39 is 42.2 Å². The molecule has 4 rings (SSSR count). The Morgan fingerprint density at radius 1 is 1.26 bits per heavy atom. The Hall–Kier alpha value is -3.02. The van der Waals surface area contributed by atoms with E-state index in [1.54, 1.807) is 6.07 Å². The second kappa shape index (κ2) is 7.00. The molecule has 0 radical (unpaired) electrons. The fraction of sp³-hybridized carbons (Fsp3) is 0.222. The number of aromatic nitrogens is 4. The van der Waals surface area contributed by atoms with Gasteiger partial charge in [0.1, 0.15) is 22.5 Å². The summed E-state index contributed by atoms with van der Waals surface area (Å²) in [5.41, 5.74) is 4.33. The number of halogens is 7. The van der Waals surface area contributed by atoms with Crippen LogP contribution in [0.5, 0.6) is 0 Å². The Kier molecular flexibility index (Phi) is 4.96. The van der Waals surface area contributed by atoms with Crippen LogP contribution in [-0.4, -0.2) is 25.9 Å². The quantitative estimate of drug-likeness (QED) is 0.337. The van der Waals surface area contributed by atoms with Crippen molar-refractivity contribution in [1.29, 1.82) is 5.26 Å². The lowest BCUT2D eigenvalue weighted by Crippen LogP contribution is -2.29. The summed E-state index contributed by atoms with van der Waals surface area (Å²) in [6.07, 6.45) is 2.06. The van der Waals surface area contributed by atoms with Gasteiger partial charge in [0.05, 0.1) is 27.7 Å². The van der Waals surface area contributed by atoms with E-state index in [9.17, 15) is 29.5 Å². The fourth-order valence-electron chi connectivity index (χ4n) is 3.55. The fourth-order valence-corrected chi connectivity index (χ4v) is 5.01. The molecule has 0 aliphatic heterocycles. The van der Waals surface area contributed by atoms with Crippen LogP contribution in [0.15, 0.2) is 29.3 Å². The lowest BCUT2D eigenvalue weighted by atomic mass is 9.94. The van der Waals surface area contributed by atoms with Gasteiger partial charge in [-0.05, 0) is 31.0 Å². The van der Waals surface area contributed by atoms with Gasteiger partial charge in [0.15, 0.2) is 5.69 Å². The number of carbonyl (C=O) groups is 1. The SMILES string of the molecule is N#Cc1nn(-c2c(Cl)cc(S(F)(F)(F)(F)F)cc2Cl)c(NCc2ccn[nH]2)c1C1(C(N)=O)CC1. The van der Waals surface area contributed by atoms with E-state index in [0.29, 0.717) is 18.5 Å². The lowest BCUT2D eigenvalue weighted by molar-refractivity contribution is -0.120. The van der Waals surface area contributed by atoms with Crippen LogP contribution in [0.1, 0.15) is 29.8 Å². The Labute approximate surface area is 198 Å². The summed E-state index contributed by atoms with van der Waals surface area (Å²) in [6, 6.07) is 3.52. The minimum absolute atomic E-state index is 0.00802. The number of nitriles is 1. The van der Waals surface area contributed by atoms with Crippen molar-refractivity contribution >= 4 is 45.2 Å². The molecule has 0 spiro atoms. The average molecular weight is 542 g/mol. The van der Waals surface area contributed by atoms with E-state index >= 15 is 0 Å². The first-order valence-electron chi connectivity index (χ1n) is 9.36. The molecule has 1 amide bonds. The molecule has 34 heavy (non-hydrogen) atoms. The Morgan fingerprint density at radius 3 is 2.32 bits per heavy atom. The van der Waals surface area contributed by atoms with Crippen LogP contribution in [0.3, 0.4) is 0 Å². The summed E-state index contributed by atoms with van der Waals surface area (Å²) in [4.78, 5) is 9.94. The molecule has 0 bridgehead atoms. The van der Waals surface area contributed by atoms with Crippen molar-refractivity contribution in [3.8, 4) is 11.8 Å². The van der Waals surface area contributed by atoms with Gasteiger partial charge in [-0.1, -0.05) is 42.6 Å². The number of hydrogen-bond donors (Lipinski definition) is 3. The maximum absolute atomic E-state index is 13.3. The summed E-state index contributed by atoms with van der Waals surface area (Å²) in [6.45, 7) is 0.0528. The van der Waals surface area contributed by atoms with Crippen LogP contribution in [0.4, 0.5) is 25.2 Å². The van der Waals surface area contributed by atoms with E-state index in [1.165, 1.54) is 6.20 Å². The molecule has 2 heterocycles. The van der Waals surface area contributed by atoms with Crippen molar-refractivity contribution < 1.29 is 24.2 Å². The van der Waals surface area contributed by atoms with Crippen molar-refractivity contribution in [3.05, 3.63) is 51.4 Å². The average Bonchev–Trinajstić information content (AvgIpc) is 3.18. The number of hydrogen-bond acceptors (Lipinski definition) is 5. The molecule has 0 unspecified atom stereocenters. The van der Waals surface area contributed by atoms with Crippen molar-refractivity contribution in [1.82, 2.24) is 20.0 Å². The van der Waals surface area contributed by atoms with Crippen molar-refractivity contribution in [2.24, 2.45) is 5.73 Å². The summed E-state index contributed by atoms with van der Waals surface area (Å²) >= 11 is 12.0. The minimum atomic E-state index is -10.1. The van der Waals surface area contributed by atoms with Crippen molar-refractivity contribution in [3.63, 3.8) is 0 Å². The number of rotatable bonds is 7. The zero-order chi connectivity index (χ0) is 25.2. The smallest absolute Gasteiger partial charge is 0.310 e. The normalized spacial score (nSPS) is 16.9. The third kappa shape index (κ3) is 4.15.